The third-order valence-electron chi connectivity index (χ3n) is 4.45. The first-order valence-corrected chi connectivity index (χ1v) is 8.06. The van der Waals surface area contributed by atoms with Crippen molar-refractivity contribution in [2.45, 2.75) is 0 Å². The minimum Gasteiger partial charge on any atom is -0.359 e. The minimum absolute atomic E-state index is 0.305. The van der Waals surface area contributed by atoms with Gasteiger partial charge in [0.1, 0.15) is 11.6 Å². The highest BCUT2D eigenvalue weighted by atomic mass is 19.1. The van der Waals surface area contributed by atoms with Crippen LogP contribution in [-0.2, 0) is 0 Å². The van der Waals surface area contributed by atoms with Gasteiger partial charge in [0.15, 0.2) is 5.65 Å². The lowest BCUT2D eigenvalue weighted by Gasteiger charge is -2.06. The molecule has 0 radical (unpaired) electrons. The van der Waals surface area contributed by atoms with E-state index < -0.39 is 0 Å². The molecule has 0 aliphatic heterocycles. The zero-order valence-corrected chi connectivity index (χ0v) is 13.4. The lowest BCUT2D eigenvalue weighted by Crippen LogP contribution is -1.90. The number of benzene rings is 2. The highest BCUT2D eigenvalue weighted by Crippen LogP contribution is 2.34. The molecule has 3 aromatic heterocycles. The average Bonchev–Trinajstić information content (AvgIpc) is 3.23. The highest BCUT2D eigenvalue weighted by Gasteiger charge is 2.17. The number of halogens is 2. The van der Waals surface area contributed by atoms with E-state index in [1.54, 1.807) is 30.6 Å². The van der Waals surface area contributed by atoms with Gasteiger partial charge >= 0.3 is 0 Å². The number of aromatic amines is 1. The topological polar surface area (TPSA) is 46.0 Å². The highest BCUT2D eigenvalue weighted by molar-refractivity contribution is 5.89. The van der Waals surface area contributed by atoms with Crippen LogP contribution in [0.2, 0.25) is 0 Å². The van der Waals surface area contributed by atoms with E-state index in [0.717, 1.165) is 22.3 Å². The summed E-state index contributed by atoms with van der Waals surface area (Å²) in [7, 11) is 0. The Kier molecular flexibility index (Phi) is 3.12. The van der Waals surface area contributed by atoms with Crippen molar-refractivity contribution >= 4 is 16.6 Å². The molecule has 5 rings (SSSR count). The number of imidazole rings is 1. The normalized spacial score (nSPS) is 11.5. The smallest absolute Gasteiger partial charge is 0.156 e. The fourth-order valence-corrected chi connectivity index (χ4v) is 3.23. The second-order valence-electron chi connectivity index (χ2n) is 6.02. The van der Waals surface area contributed by atoms with Gasteiger partial charge in [0, 0.05) is 40.6 Å². The summed E-state index contributed by atoms with van der Waals surface area (Å²) < 4.78 is 29.3. The number of H-pyrrole nitrogens is 1. The Hall–Kier alpha value is -3.54. The number of nitrogens with one attached hydrogen (secondary N) is 1. The molecule has 0 saturated carbocycles. The lowest BCUT2D eigenvalue weighted by molar-refractivity contribution is 0.628. The van der Waals surface area contributed by atoms with E-state index in [2.05, 4.69) is 15.0 Å². The summed E-state index contributed by atoms with van der Waals surface area (Å²) in [6.07, 6.45) is 6.48. The number of aromatic nitrogens is 4. The fraction of sp³-hybridized carbons (Fsp3) is 0. The van der Waals surface area contributed by atoms with Crippen molar-refractivity contribution < 1.29 is 8.78 Å². The SMILES string of the molecule is Fc1ccc(-c2nc3cnccn3c2-c2ccc3[nH]cc(F)c3c2)cc1. The van der Waals surface area contributed by atoms with Gasteiger partial charge in [-0.2, -0.15) is 0 Å². The van der Waals surface area contributed by atoms with E-state index in [4.69, 9.17) is 0 Å². The molecule has 26 heavy (non-hydrogen) atoms. The van der Waals surface area contributed by atoms with Crippen LogP contribution in [0.4, 0.5) is 8.78 Å². The number of hydrogen-bond donors (Lipinski definition) is 1. The van der Waals surface area contributed by atoms with Crippen molar-refractivity contribution in [3.8, 4) is 22.5 Å². The molecule has 0 fully saturated rings. The summed E-state index contributed by atoms with van der Waals surface area (Å²) in [5.41, 5.74) is 4.47. The third kappa shape index (κ3) is 2.19. The van der Waals surface area contributed by atoms with Crippen LogP contribution in [0.25, 0.3) is 39.1 Å². The van der Waals surface area contributed by atoms with Gasteiger partial charge < -0.3 is 4.98 Å². The number of hydrogen-bond acceptors (Lipinski definition) is 2. The van der Waals surface area contributed by atoms with E-state index in [-0.39, 0.29) is 11.6 Å². The van der Waals surface area contributed by atoms with Crippen LogP contribution in [0.3, 0.4) is 0 Å². The van der Waals surface area contributed by atoms with Crippen molar-refractivity contribution in [3.63, 3.8) is 0 Å². The molecule has 4 nitrogen and oxygen atoms in total. The molecule has 2 aromatic carbocycles. The van der Waals surface area contributed by atoms with Crippen LogP contribution < -0.4 is 0 Å². The molecule has 0 aliphatic carbocycles. The predicted octanol–water partition coefficient (Wildman–Crippen LogP) is 4.82. The Morgan fingerprint density at radius 2 is 1.77 bits per heavy atom. The molecule has 0 spiro atoms. The molecule has 126 valence electrons. The Morgan fingerprint density at radius 3 is 2.62 bits per heavy atom. The molecule has 0 unspecified atom stereocenters. The lowest BCUT2D eigenvalue weighted by atomic mass is 10.0. The quantitative estimate of drug-likeness (QED) is 0.498. The minimum atomic E-state index is -0.309. The summed E-state index contributed by atoms with van der Waals surface area (Å²) in [6, 6.07) is 11.7. The van der Waals surface area contributed by atoms with Crippen LogP contribution in [0.5, 0.6) is 0 Å². The first-order chi connectivity index (χ1) is 12.7. The zero-order valence-electron chi connectivity index (χ0n) is 13.4. The zero-order chi connectivity index (χ0) is 17.7. The first kappa shape index (κ1) is 14.8. The van der Waals surface area contributed by atoms with Crippen LogP contribution in [0.15, 0.2) is 67.3 Å². The maximum atomic E-state index is 14.0. The molecule has 0 amide bonds. The van der Waals surface area contributed by atoms with Gasteiger partial charge in [0.05, 0.1) is 17.6 Å². The summed E-state index contributed by atoms with van der Waals surface area (Å²) in [5.74, 6) is -0.614. The van der Waals surface area contributed by atoms with Gasteiger partial charge in [-0.05, 0) is 36.4 Å². The standard InChI is InChI=1S/C20H12F2N4/c21-14-4-1-12(2-5-14)19-20(26-8-7-23-11-18(26)25-19)13-3-6-17-15(9-13)16(22)10-24-17/h1-11,24H. The van der Waals surface area contributed by atoms with E-state index in [1.807, 2.05) is 22.7 Å². The molecular formula is C20H12F2N4. The van der Waals surface area contributed by atoms with E-state index in [0.29, 0.717) is 16.7 Å². The Balaban J connectivity index is 1.83. The van der Waals surface area contributed by atoms with Crippen LogP contribution in [0, 0.1) is 11.6 Å². The fourth-order valence-electron chi connectivity index (χ4n) is 3.23. The number of nitrogens with zero attached hydrogens (tertiary/aromatic N) is 3. The van der Waals surface area contributed by atoms with Crippen LogP contribution >= 0.6 is 0 Å². The Morgan fingerprint density at radius 1 is 0.962 bits per heavy atom. The van der Waals surface area contributed by atoms with Gasteiger partial charge in [-0.3, -0.25) is 9.38 Å². The first-order valence-electron chi connectivity index (χ1n) is 8.06. The second-order valence-corrected chi connectivity index (χ2v) is 6.02. The third-order valence-corrected chi connectivity index (χ3v) is 4.45. The molecule has 1 N–H and O–H groups in total. The van der Waals surface area contributed by atoms with Crippen molar-refractivity contribution in [1.29, 1.82) is 0 Å². The molecule has 3 heterocycles. The van der Waals surface area contributed by atoms with Gasteiger partial charge in [-0.1, -0.05) is 6.07 Å². The van der Waals surface area contributed by atoms with Crippen molar-refractivity contribution in [1.82, 2.24) is 19.4 Å². The van der Waals surface area contributed by atoms with Crippen LogP contribution in [0.1, 0.15) is 0 Å². The van der Waals surface area contributed by atoms with E-state index in [9.17, 15) is 8.78 Å². The number of rotatable bonds is 2. The summed E-state index contributed by atoms with van der Waals surface area (Å²) in [6.45, 7) is 0. The van der Waals surface area contributed by atoms with E-state index >= 15 is 0 Å². The Bertz CT molecular complexity index is 1250. The molecule has 5 aromatic rings. The van der Waals surface area contributed by atoms with E-state index in [1.165, 1.54) is 18.3 Å². The molecule has 0 saturated heterocycles. The molecule has 0 aliphatic rings. The van der Waals surface area contributed by atoms with Crippen molar-refractivity contribution in [2.75, 3.05) is 0 Å². The molecule has 6 heteroatoms. The average molecular weight is 346 g/mol. The second kappa shape index (κ2) is 5.49. The maximum Gasteiger partial charge on any atom is 0.156 e. The monoisotopic (exact) mass is 346 g/mol. The largest absolute Gasteiger partial charge is 0.359 e. The van der Waals surface area contributed by atoms with Gasteiger partial charge in [-0.15, -0.1) is 0 Å². The molecule has 0 atom stereocenters. The molecule has 0 bridgehead atoms. The predicted molar refractivity (Wildman–Crippen MR) is 95.6 cm³/mol. The maximum absolute atomic E-state index is 14.0. The van der Waals surface area contributed by atoms with Gasteiger partial charge in [0.2, 0.25) is 0 Å². The summed E-state index contributed by atoms with van der Waals surface area (Å²) in [4.78, 5) is 11.7. The van der Waals surface area contributed by atoms with Gasteiger partial charge in [-0.25, -0.2) is 13.8 Å². The summed E-state index contributed by atoms with van der Waals surface area (Å²) >= 11 is 0. The van der Waals surface area contributed by atoms with Crippen LogP contribution in [-0.4, -0.2) is 19.4 Å². The Labute approximate surface area is 146 Å². The van der Waals surface area contributed by atoms with Crippen molar-refractivity contribution in [3.05, 3.63) is 78.9 Å². The molecular weight excluding hydrogens is 334 g/mol. The number of fused-ring (bicyclic) bond motifs is 2. The summed E-state index contributed by atoms with van der Waals surface area (Å²) in [5, 5.41) is 0.511. The van der Waals surface area contributed by atoms with Gasteiger partial charge in [0.25, 0.3) is 0 Å². The van der Waals surface area contributed by atoms with Crippen molar-refractivity contribution in [2.24, 2.45) is 0 Å².